The summed E-state index contributed by atoms with van der Waals surface area (Å²) in [7, 11) is 0. The molecular weight excluding hydrogens is 772 g/mol. The Kier molecular flexibility index (Phi) is 12.9. The molecule has 2 aromatic carbocycles. The second-order valence-corrected chi connectivity index (χ2v) is 13.5. The zero-order chi connectivity index (χ0) is 41.5. The molecule has 12 N–H and O–H groups in total. The maximum atomic E-state index is 14.3. The van der Waals surface area contributed by atoms with Crippen molar-refractivity contribution in [3.8, 4) is 34.3 Å². The summed E-state index contributed by atoms with van der Waals surface area (Å²) in [4.78, 5) is 26.0. The third-order valence-corrected chi connectivity index (χ3v) is 9.61. The number of aromatic hydroxyl groups is 2. The van der Waals surface area contributed by atoms with Gasteiger partial charge in [-0.15, -0.1) is 0 Å². The molecule has 3 aliphatic heterocycles. The number of rotatable bonds is 11. The number of phenolic OH excluding ortho intramolecular Hbond substituents is 2. The molecule has 6 rings (SSSR count). The van der Waals surface area contributed by atoms with E-state index < -0.39 is 146 Å². The van der Waals surface area contributed by atoms with Crippen LogP contribution in [-0.2, 0) is 28.5 Å². The van der Waals surface area contributed by atoms with Gasteiger partial charge in [0.1, 0.15) is 102 Å². The minimum absolute atomic E-state index is 0.0563. The Labute approximate surface area is 320 Å². The Morgan fingerprint density at radius 2 is 1.25 bits per heavy atom. The number of carbonyl (C=O) groups excluding carboxylic acids is 1. The van der Waals surface area contributed by atoms with Crippen LogP contribution in [-0.4, -0.2) is 179 Å². The lowest BCUT2D eigenvalue weighted by Crippen LogP contribution is -2.65. The highest BCUT2D eigenvalue weighted by Crippen LogP contribution is 2.39. The molecule has 0 radical (unpaired) electrons. The van der Waals surface area contributed by atoms with Gasteiger partial charge >= 0.3 is 5.97 Å². The molecule has 314 valence electrons. The predicted molar refractivity (Wildman–Crippen MR) is 182 cm³/mol. The molecule has 0 saturated carbocycles. The molecular formula is C35H42O22. The summed E-state index contributed by atoms with van der Waals surface area (Å²) in [5, 5.41) is 124. The summed E-state index contributed by atoms with van der Waals surface area (Å²) in [5.74, 6) is -3.26. The first kappa shape index (κ1) is 42.4. The molecule has 0 bridgehead atoms. The second-order valence-electron chi connectivity index (χ2n) is 13.5. The van der Waals surface area contributed by atoms with Crippen molar-refractivity contribution >= 4 is 16.9 Å². The van der Waals surface area contributed by atoms with Crippen LogP contribution in [0, 0.1) is 0 Å². The fraction of sp³-hybridized carbons (Fsp3) is 0.543. The van der Waals surface area contributed by atoms with E-state index in [2.05, 4.69) is 0 Å². The highest BCUT2D eigenvalue weighted by atomic mass is 16.8. The lowest BCUT2D eigenvalue weighted by atomic mass is 9.97. The number of ether oxygens (including phenoxy) is 7. The van der Waals surface area contributed by atoms with Crippen molar-refractivity contribution in [3.05, 3.63) is 46.6 Å². The summed E-state index contributed by atoms with van der Waals surface area (Å²) in [5.41, 5.74) is -1.43. The van der Waals surface area contributed by atoms with Gasteiger partial charge in [-0.3, -0.25) is 9.59 Å². The van der Waals surface area contributed by atoms with Gasteiger partial charge in [0.25, 0.3) is 0 Å². The van der Waals surface area contributed by atoms with Crippen LogP contribution in [0.5, 0.6) is 23.0 Å². The van der Waals surface area contributed by atoms with Gasteiger partial charge in [-0.2, -0.15) is 0 Å². The van der Waals surface area contributed by atoms with E-state index in [1.165, 1.54) is 24.3 Å². The van der Waals surface area contributed by atoms with E-state index in [1.54, 1.807) is 0 Å². The van der Waals surface area contributed by atoms with Crippen molar-refractivity contribution in [3.63, 3.8) is 0 Å². The van der Waals surface area contributed by atoms with Crippen molar-refractivity contribution in [1.82, 2.24) is 0 Å². The topological polar surface area (TPSA) is 355 Å². The van der Waals surface area contributed by atoms with E-state index in [4.69, 9.17) is 37.6 Å². The van der Waals surface area contributed by atoms with Crippen LogP contribution in [0.2, 0.25) is 0 Å². The molecule has 0 spiro atoms. The lowest BCUT2D eigenvalue weighted by molar-refractivity contribution is -0.358. The molecule has 3 saturated heterocycles. The summed E-state index contributed by atoms with van der Waals surface area (Å²) in [6.45, 7) is -1.22. The van der Waals surface area contributed by atoms with Crippen LogP contribution < -0.4 is 14.9 Å². The van der Waals surface area contributed by atoms with Gasteiger partial charge in [0.05, 0.1) is 13.2 Å². The Bertz CT molecular complexity index is 1920. The van der Waals surface area contributed by atoms with E-state index >= 15 is 0 Å². The van der Waals surface area contributed by atoms with E-state index in [0.717, 1.165) is 19.1 Å². The lowest BCUT2D eigenvalue weighted by Gasteiger charge is -2.45. The van der Waals surface area contributed by atoms with Crippen LogP contribution in [0.3, 0.4) is 0 Å². The Balaban J connectivity index is 1.42. The molecule has 22 heteroatoms. The van der Waals surface area contributed by atoms with Gasteiger partial charge in [-0.1, -0.05) is 0 Å². The number of aliphatic hydroxyl groups is 10. The van der Waals surface area contributed by atoms with Crippen molar-refractivity contribution in [2.24, 2.45) is 0 Å². The van der Waals surface area contributed by atoms with E-state index in [-0.39, 0.29) is 22.6 Å². The van der Waals surface area contributed by atoms with Crippen LogP contribution >= 0.6 is 0 Å². The number of hydrogen-bond donors (Lipinski definition) is 12. The van der Waals surface area contributed by atoms with Gasteiger partial charge in [-0.05, 0) is 24.3 Å². The number of benzene rings is 2. The number of fused-ring (bicyclic) bond motifs is 1. The monoisotopic (exact) mass is 814 g/mol. The Hall–Kier alpha value is -4.24. The molecule has 15 unspecified atom stereocenters. The molecule has 1 aromatic heterocycles. The highest BCUT2D eigenvalue weighted by molar-refractivity contribution is 5.88. The molecule has 3 aromatic rings. The smallest absolute Gasteiger partial charge is 0.302 e. The van der Waals surface area contributed by atoms with E-state index in [1.807, 2.05) is 0 Å². The van der Waals surface area contributed by atoms with Crippen LogP contribution in [0.1, 0.15) is 6.92 Å². The SMILES string of the molecule is CC(=O)OCC1OC(Oc2c(-c3ccc(O)cc3)oc3cc(OC4OC(CO)C(O)C(O)C4O)cc(O)c3c2=O)C(OC2OC(CO)C(O)C(O)C2O)C(O)C1O. The minimum Gasteiger partial charge on any atom is -0.508 e. The molecule has 3 aliphatic rings. The van der Waals surface area contributed by atoms with Gasteiger partial charge < -0.3 is 98.9 Å². The van der Waals surface area contributed by atoms with Crippen molar-refractivity contribution in [2.75, 3.05) is 19.8 Å². The zero-order valence-corrected chi connectivity index (χ0v) is 29.7. The maximum Gasteiger partial charge on any atom is 0.302 e. The molecule has 0 aliphatic carbocycles. The number of esters is 1. The van der Waals surface area contributed by atoms with E-state index in [0.29, 0.717) is 0 Å². The van der Waals surface area contributed by atoms with Gasteiger partial charge in [0.15, 0.2) is 18.2 Å². The number of phenols is 2. The first-order chi connectivity index (χ1) is 27.0. The van der Waals surface area contributed by atoms with Gasteiger partial charge in [0, 0.05) is 24.6 Å². The fourth-order valence-electron chi connectivity index (χ4n) is 6.47. The van der Waals surface area contributed by atoms with Crippen LogP contribution in [0.4, 0.5) is 0 Å². The number of aliphatic hydroxyl groups excluding tert-OH is 10. The quantitative estimate of drug-likeness (QED) is 0.0813. The minimum atomic E-state index is -2.04. The van der Waals surface area contributed by atoms with Crippen LogP contribution in [0.25, 0.3) is 22.3 Å². The van der Waals surface area contributed by atoms with Gasteiger partial charge in [-0.25, -0.2) is 0 Å². The maximum absolute atomic E-state index is 14.3. The number of hydrogen-bond acceptors (Lipinski definition) is 22. The van der Waals surface area contributed by atoms with E-state index in [9.17, 15) is 70.9 Å². The van der Waals surface area contributed by atoms with Crippen molar-refractivity contribution < 1.29 is 104 Å². The molecule has 4 heterocycles. The summed E-state index contributed by atoms with van der Waals surface area (Å²) >= 11 is 0. The number of carbonyl (C=O) groups is 1. The van der Waals surface area contributed by atoms with Gasteiger partial charge in [0.2, 0.25) is 23.8 Å². The fourth-order valence-corrected chi connectivity index (χ4v) is 6.47. The predicted octanol–water partition coefficient (Wildman–Crippen LogP) is -4.38. The first-order valence-electron chi connectivity index (χ1n) is 17.4. The third-order valence-electron chi connectivity index (χ3n) is 9.61. The normalized spacial score (nSPS) is 35.8. The summed E-state index contributed by atoms with van der Waals surface area (Å²) in [6.07, 6.45) is -27.0. The average Bonchev–Trinajstić information content (AvgIpc) is 3.18. The largest absolute Gasteiger partial charge is 0.508 e. The van der Waals surface area contributed by atoms with Crippen molar-refractivity contribution in [2.45, 2.75) is 99.0 Å². The molecule has 22 nitrogen and oxygen atoms in total. The molecule has 57 heavy (non-hydrogen) atoms. The standard InChI is InChI=1S/C35H42O22/c1-11(38)50-10-19-23(43)27(47)32(57-34-29(49)26(46)22(42)18(9-37)54-34)35(55-19)56-31-24(44)20-15(40)6-14(51-33-28(48)25(45)21(41)17(8-36)53-33)7-16(20)52-30(31)12-2-4-13(39)5-3-12/h2-7,17-19,21-23,25-29,32-37,39-43,45-49H,8-10H2,1H3. The molecule has 15 atom stereocenters. The molecule has 0 amide bonds. The second kappa shape index (κ2) is 17.3. The zero-order valence-electron chi connectivity index (χ0n) is 29.7. The Morgan fingerprint density at radius 1 is 0.684 bits per heavy atom. The Morgan fingerprint density at radius 3 is 1.84 bits per heavy atom. The summed E-state index contributed by atoms with van der Waals surface area (Å²) in [6, 6.07) is 7.02. The summed E-state index contributed by atoms with van der Waals surface area (Å²) < 4.78 is 45.0. The highest BCUT2D eigenvalue weighted by Gasteiger charge is 2.52. The average molecular weight is 815 g/mol. The molecule has 3 fully saturated rings. The first-order valence-corrected chi connectivity index (χ1v) is 17.4. The van der Waals surface area contributed by atoms with Crippen LogP contribution in [0.15, 0.2) is 45.6 Å². The van der Waals surface area contributed by atoms with Crippen molar-refractivity contribution in [1.29, 1.82) is 0 Å². The third kappa shape index (κ3) is 8.50.